The van der Waals surface area contributed by atoms with Crippen molar-refractivity contribution in [1.82, 2.24) is 10.3 Å². The lowest BCUT2D eigenvalue weighted by atomic mass is 10.1. The molecule has 4 nitrogen and oxygen atoms in total. The Morgan fingerprint density at radius 3 is 2.84 bits per heavy atom. The van der Waals surface area contributed by atoms with Gasteiger partial charge in [0.25, 0.3) is 5.91 Å². The highest BCUT2D eigenvalue weighted by molar-refractivity contribution is 5.99. The number of H-pyrrole nitrogens is 1. The molecule has 2 aromatic heterocycles. The van der Waals surface area contributed by atoms with Crippen molar-refractivity contribution in [1.29, 1.82) is 0 Å². The number of amides is 1. The van der Waals surface area contributed by atoms with Crippen molar-refractivity contribution in [2.75, 3.05) is 0 Å². The van der Waals surface area contributed by atoms with E-state index >= 15 is 0 Å². The number of aromatic amines is 1. The minimum atomic E-state index is -0.282. The minimum absolute atomic E-state index is 0.267. The van der Waals surface area contributed by atoms with Gasteiger partial charge in [0.15, 0.2) is 5.76 Å². The van der Waals surface area contributed by atoms with E-state index in [0.29, 0.717) is 17.9 Å². The lowest BCUT2D eigenvalue weighted by Gasteiger charge is -2.02. The highest BCUT2D eigenvalue weighted by Gasteiger charge is 2.17. The maximum Gasteiger partial charge on any atom is 0.287 e. The number of fused-ring (bicyclic) bond motifs is 2. The molecule has 1 amide bonds. The van der Waals surface area contributed by atoms with Crippen molar-refractivity contribution < 1.29 is 13.6 Å². The zero-order valence-corrected chi connectivity index (χ0v) is 13.9. The van der Waals surface area contributed by atoms with Crippen LogP contribution in [-0.4, -0.2) is 10.9 Å². The molecule has 2 aromatic carbocycles. The molecule has 0 spiro atoms. The largest absolute Gasteiger partial charge is 0.451 e. The summed E-state index contributed by atoms with van der Waals surface area (Å²) in [6.07, 6.45) is 0. The van der Waals surface area contributed by atoms with Crippen LogP contribution in [-0.2, 0) is 6.54 Å². The second-order valence-corrected chi connectivity index (χ2v) is 6.26. The van der Waals surface area contributed by atoms with E-state index < -0.39 is 0 Å². The molecule has 0 radical (unpaired) electrons. The number of rotatable bonds is 3. The Labute approximate surface area is 143 Å². The van der Waals surface area contributed by atoms with E-state index in [9.17, 15) is 9.18 Å². The molecule has 5 heteroatoms. The predicted molar refractivity (Wildman–Crippen MR) is 95.1 cm³/mol. The maximum atomic E-state index is 13.3. The Morgan fingerprint density at radius 2 is 2.00 bits per heavy atom. The number of hydrogen-bond acceptors (Lipinski definition) is 2. The number of benzene rings is 2. The van der Waals surface area contributed by atoms with Crippen LogP contribution in [0.3, 0.4) is 0 Å². The van der Waals surface area contributed by atoms with Gasteiger partial charge in [0, 0.05) is 27.5 Å². The second kappa shape index (κ2) is 5.77. The Balaban J connectivity index is 1.56. The molecule has 2 heterocycles. The van der Waals surface area contributed by atoms with Gasteiger partial charge >= 0.3 is 0 Å². The van der Waals surface area contributed by atoms with Crippen LogP contribution in [0, 0.1) is 19.7 Å². The van der Waals surface area contributed by atoms with Crippen molar-refractivity contribution in [2.45, 2.75) is 20.4 Å². The van der Waals surface area contributed by atoms with Gasteiger partial charge in [-0.2, -0.15) is 0 Å². The monoisotopic (exact) mass is 336 g/mol. The van der Waals surface area contributed by atoms with Crippen molar-refractivity contribution in [3.05, 3.63) is 70.9 Å². The number of carbonyl (C=O) groups is 1. The molecule has 0 aliphatic carbocycles. The molecule has 0 saturated carbocycles. The van der Waals surface area contributed by atoms with Gasteiger partial charge in [-0.05, 0) is 50.2 Å². The summed E-state index contributed by atoms with van der Waals surface area (Å²) in [6.45, 7) is 4.20. The summed E-state index contributed by atoms with van der Waals surface area (Å²) < 4.78 is 19.0. The standard InChI is InChI=1S/C20H17FN2O2/c1-11-3-6-18-16(7-11)12(2)19(25-18)20(24)22-10-15-9-13-8-14(21)4-5-17(13)23-15/h3-9,23H,10H2,1-2H3,(H,22,24). The molecule has 0 fully saturated rings. The fourth-order valence-corrected chi connectivity index (χ4v) is 3.07. The van der Waals surface area contributed by atoms with Crippen LogP contribution in [0.2, 0.25) is 0 Å². The molecular weight excluding hydrogens is 319 g/mol. The third kappa shape index (κ3) is 2.78. The highest BCUT2D eigenvalue weighted by atomic mass is 19.1. The smallest absolute Gasteiger partial charge is 0.287 e. The van der Waals surface area contributed by atoms with E-state index in [1.807, 2.05) is 38.1 Å². The van der Waals surface area contributed by atoms with Crippen LogP contribution >= 0.6 is 0 Å². The molecule has 4 aromatic rings. The maximum absolute atomic E-state index is 13.3. The first-order valence-electron chi connectivity index (χ1n) is 8.06. The number of furan rings is 1. The van der Waals surface area contributed by atoms with Gasteiger partial charge in [-0.3, -0.25) is 4.79 Å². The highest BCUT2D eigenvalue weighted by Crippen LogP contribution is 2.26. The molecule has 0 atom stereocenters. The Bertz CT molecular complexity index is 1110. The summed E-state index contributed by atoms with van der Waals surface area (Å²) in [5.74, 6) is -0.228. The Morgan fingerprint density at radius 1 is 1.16 bits per heavy atom. The average Bonchev–Trinajstić information content (AvgIpc) is 3.13. The number of nitrogens with one attached hydrogen (secondary N) is 2. The Hall–Kier alpha value is -3.08. The molecule has 4 rings (SSSR count). The predicted octanol–water partition coefficient (Wildman–Crippen LogP) is 4.60. The van der Waals surface area contributed by atoms with Crippen molar-refractivity contribution >= 4 is 27.8 Å². The van der Waals surface area contributed by atoms with E-state index in [1.165, 1.54) is 12.1 Å². The van der Waals surface area contributed by atoms with Gasteiger partial charge in [0.05, 0.1) is 6.54 Å². The number of halogens is 1. The van der Waals surface area contributed by atoms with Crippen molar-refractivity contribution in [3.63, 3.8) is 0 Å². The molecule has 25 heavy (non-hydrogen) atoms. The van der Waals surface area contributed by atoms with Crippen molar-refractivity contribution in [3.8, 4) is 0 Å². The first-order chi connectivity index (χ1) is 12.0. The molecule has 0 aliphatic rings. The van der Waals surface area contributed by atoms with E-state index in [0.717, 1.165) is 33.1 Å². The van der Waals surface area contributed by atoms with Crippen LogP contribution in [0.25, 0.3) is 21.9 Å². The quantitative estimate of drug-likeness (QED) is 0.574. The van der Waals surface area contributed by atoms with Crippen molar-refractivity contribution in [2.24, 2.45) is 0 Å². The van der Waals surface area contributed by atoms with Crippen LogP contribution in [0.4, 0.5) is 4.39 Å². The SMILES string of the molecule is Cc1ccc2oc(C(=O)NCc3cc4cc(F)ccc4[nH]3)c(C)c2c1. The average molecular weight is 336 g/mol. The normalized spacial score (nSPS) is 11.3. The number of aryl methyl sites for hydroxylation is 2. The van der Waals surface area contributed by atoms with Crippen LogP contribution in [0.1, 0.15) is 27.4 Å². The fourth-order valence-electron chi connectivity index (χ4n) is 3.07. The van der Waals surface area contributed by atoms with Gasteiger partial charge in [0.2, 0.25) is 0 Å². The van der Waals surface area contributed by atoms with Crippen LogP contribution in [0.5, 0.6) is 0 Å². The molecule has 0 unspecified atom stereocenters. The molecule has 0 aliphatic heterocycles. The van der Waals surface area contributed by atoms with Crippen LogP contribution in [0.15, 0.2) is 46.9 Å². The lowest BCUT2D eigenvalue weighted by molar-refractivity contribution is 0.0924. The van der Waals surface area contributed by atoms with Gasteiger partial charge in [-0.15, -0.1) is 0 Å². The second-order valence-electron chi connectivity index (χ2n) is 6.26. The van der Waals surface area contributed by atoms with E-state index in [-0.39, 0.29) is 11.7 Å². The first-order valence-corrected chi connectivity index (χ1v) is 8.06. The third-order valence-corrected chi connectivity index (χ3v) is 4.38. The zero-order valence-electron chi connectivity index (χ0n) is 13.9. The fraction of sp³-hybridized carbons (Fsp3) is 0.150. The van der Waals surface area contributed by atoms with Gasteiger partial charge in [-0.25, -0.2) is 4.39 Å². The summed E-state index contributed by atoms with van der Waals surface area (Å²) in [5, 5.41) is 4.58. The zero-order chi connectivity index (χ0) is 17.6. The summed E-state index contributed by atoms with van der Waals surface area (Å²) >= 11 is 0. The summed E-state index contributed by atoms with van der Waals surface area (Å²) in [7, 11) is 0. The van der Waals surface area contributed by atoms with E-state index in [2.05, 4.69) is 10.3 Å². The summed E-state index contributed by atoms with van der Waals surface area (Å²) in [6, 6.07) is 12.2. The number of aromatic nitrogens is 1. The topological polar surface area (TPSA) is 58.0 Å². The van der Waals surface area contributed by atoms with E-state index in [1.54, 1.807) is 6.07 Å². The summed E-state index contributed by atoms with van der Waals surface area (Å²) in [5.41, 5.74) is 4.29. The summed E-state index contributed by atoms with van der Waals surface area (Å²) in [4.78, 5) is 15.7. The third-order valence-electron chi connectivity index (χ3n) is 4.38. The molecular formula is C20H17FN2O2. The van der Waals surface area contributed by atoms with E-state index in [4.69, 9.17) is 4.42 Å². The minimum Gasteiger partial charge on any atom is -0.451 e. The first kappa shape index (κ1) is 15.4. The Kier molecular flexibility index (Phi) is 3.57. The lowest BCUT2D eigenvalue weighted by Crippen LogP contribution is -2.23. The van der Waals surface area contributed by atoms with Gasteiger partial charge in [-0.1, -0.05) is 11.6 Å². The number of hydrogen-bond donors (Lipinski definition) is 2. The van der Waals surface area contributed by atoms with Crippen LogP contribution < -0.4 is 5.32 Å². The number of carbonyl (C=O) groups excluding carboxylic acids is 1. The van der Waals surface area contributed by atoms with Gasteiger partial charge in [0.1, 0.15) is 11.4 Å². The molecule has 0 saturated heterocycles. The molecule has 2 N–H and O–H groups in total. The molecule has 0 bridgehead atoms. The van der Waals surface area contributed by atoms with Gasteiger partial charge < -0.3 is 14.7 Å². The molecule has 126 valence electrons.